The number of fused-ring (bicyclic) bond motifs is 1. The number of rotatable bonds is 5. The van der Waals surface area contributed by atoms with E-state index in [9.17, 15) is 0 Å². The van der Waals surface area contributed by atoms with Crippen molar-refractivity contribution < 1.29 is 0 Å². The minimum absolute atomic E-state index is 0.723. The van der Waals surface area contributed by atoms with Gasteiger partial charge in [0.05, 0.1) is 0 Å². The number of hydrogen-bond acceptors (Lipinski definition) is 1. The maximum atomic E-state index is 6.02. The Kier molecular flexibility index (Phi) is 4.59. The molecule has 1 nitrogen and oxygen atoms in total. The summed E-state index contributed by atoms with van der Waals surface area (Å²) in [5, 5.41) is 2.72. The highest BCUT2D eigenvalue weighted by Gasteiger charge is 2.22. The standard InChI is InChI=1S/C18H22ClN/c19-12-13-20(17-9-2-3-10-17)14-16-8-5-7-15-6-1-4-11-18(15)16/h1,4-8,11,17H,2-3,9-10,12-14H2. The smallest absolute Gasteiger partial charge is 0.0351 e. The first-order valence-electron chi connectivity index (χ1n) is 7.65. The van der Waals surface area contributed by atoms with Crippen molar-refractivity contribution in [3.63, 3.8) is 0 Å². The van der Waals surface area contributed by atoms with E-state index in [1.165, 1.54) is 42.0 Å². The van der Waals surface area contributed by atoms with E-state index in [-0.39, 0.29) is 0 Å². The first-order chi connectivity index (χ1) is 9.88. The van der Waals surface area contributed by atoms with Gasteiger partial charge in [-0.25, -0.2) is 0 Å². The molecule has 0 N–H and O–H groups in total. The Morgan fingerprint density at radius 1 is 1.00 bits per heavy atom. The van der Waals surface area contributed by atoms with Crippen LogP contribution in [0.25, 0.3) is 10.8 Å². The lowest BCUT2D eigenvalue weighted by molar-refractivity contribution is 0.202. The molecule has 1 fully saturated rings. The summed E-state index contributed by atoms with van der Waals surface area (Å²) in [7, 11) is 0. The van der Waals surface area contributed by atoms with Gasteiger partial charge in [-0.15, -0.1) is 11.6 Å². The number of benzene rings is 2. The fourth-order valence-electron chi connectivity index (χ4n) is 3.42. The molecule has 0 heterocycles. The molecule has 106 valence electrons. The van der Waals surface area contributed by atoms with E-state index in [2.05, 4.69) is 47.4 Å². The lowest BCUT2D eigenvalue weighted by atomic mass is 10.0. The van der Waals surface area contributed by atoms with Gasteiger partial charge in [0.1, 0.15) is 0 Å². The molecular weight excluding hydrogens is 266 g/mol. The minimum atomic E-state index is 0.723. The largest absolute Gasteiger partial charge is 0.295 e. The van der Waals surface area contributed by atoms with Gasteiger partial charge in [0.15, 0.2) is 0 Å². The van der Waals surface area contributed by atoms with Crippen LogP contribution in [0.3, 0.4) is 0 Å². The number of halogens is 1. The van der Waals surface area contributed by atoms with Gasteiger partial charge in [-0.3, -0.25) is 4.90 Å². The van der Waals surface area contributed by atoms with Crippen molar-refractivity contribution in [3.8, 4) is 0 Å². The molecule has 2 aromatic carbocycles. The van der Waals surface area contributed by atoms with E-state index in [4.69, 9.17) is 11.6 Å². The molecule has 1 aliphatic rings. The van der Waals surface area contributed by atoms with Crippen molar-refractivity contribution in [2.45, 2.75) is 38.3 Å². The van der Waals surface area contributed by atoms with Crippen molar-refractivity contribution in [1.29, 1.82) is 0 Å². The Labute approximate surface area is 126 Å². The third-order valence-corrected chi connectivity index (χ3v) is 4.64. The van der Waals surface area contributed by atoms with E-state index in [0.717, 1.165) is 25.0 Å². The summed E-state index contributed by atoms with van der Waals surface area (Å²) in [6.45, 7) is 2.02. The van der Waals surface area contributed by atoms with E-state index in [1.54, 1.807) is 0 Å². The van der Waals surface area contributed by atoms with Crippen LogP contribution in [0.2, 0.25) is 0 Å². The second kappa shape index (κ2) is 6.60. The average molecular weight is 288 g/mol. The first-order valence-corrected chi connectivity index (χ1v) is 8.18. The van der Waals surface area contributed by atoms with Crippen molar-refractivity contribution in [3.05, 3.63) is 48.0 Å². The predicted octanol–water partition coefficient (Wildman–Crippen LogP) is 4.82. The highest BCUT2D eigenvalue weighted by molar-refractivity contribution is 6.18. The van der Waals surface area contributed by atoms with Crippen LogP contribution in [0.15, 0.2) is 42.5 Å². The van der Waals surface area contributed by atoms with E-state index < -0.39 is 0 Å². The highest BCUT2D eigenvalue weighted by atomic mass is 35.5. The summed E-state index contributed by atoms with van der Waals surface area (Å²) in [6.07, 6.45) is 5.42. The van der Waals surface area contributed by atoms with Crippen LogP contribution in [0.4, 0.5) is 0 Å². The highest BCUT2D eigenvalue weighted by Crippen LogP contribution is 2.27. The van der Waals surface area contributed by atoms with Crippen LogP contribution in [-0.2, 0) is 6.54 Å². The molecule has 0 saturated heterocycles. The Balaban J connectivity index is 1.86. The summed E-state index contributed by atoms with van der Waals surface area (Å²) in [4.78, 5) is 2.59. The van der Waals surface area contributed by atoms with Gasteiger partial charge in [-0.05, 0) is 29.2 Å². The van der Waals surface area contributed by atoms with E-state index in [0.29, 0.717) is 0 Å². The van der Waals surface area contributed by atoms with E-state index in [1.807, 2.05) is 0 Å². The normalized spacial score (nSPS) is 16.3. The van der Waals surface area contributed by atoms with Gasteiger partial charge >= 0.3 is 0 Å². The zero-order valence-corrected chi connectivity index (χ0v) is 12.6. The first kappa shape index (κ1) is 13.9. The average Bonchev–Trinajstić information content (AvgIpc) is 3.01. The quantitative estimate of drug-likeness (QED) is 0.713. The van der Waals surface area contributed by atoms with Gasteiger partial charge in [0.2, 0.25) is 0 Å². The summed E-state index contributed by atoms with van der Waals surface area (Å²) in [5.41, 5.74) is 1.43. The molecule has 3 rings (SSSR count). The number of alkyl halides is 1. The van der Waals surface area contributed by atoms with Crippen molar-refractivity contribution in [2.75, 3.05) is 12.4 Å². The van der Waals surface area contributed by atoms with Crippen molar-refractivity contribution >= 4 is 22.4 Å². The summed E-state index contributed by atoms with van der Waals surface area (Å²) < 4.78 is 0. The zero-order valence-electron chi connectivity index (χ0n) is 11.9. The molecule has 2 heteroatoms. The number of hydrogen-bond donors (Lipinski definition) is 0. The molecule has 0 spiro atoms. The fourth-order valence-corrected chi connectivity index (χ4v) is 3.63. The lowest BCUT2D eigenvalue weighted by Crippen LogP contribution is -2.34. The molecule has 0 radical (unpaired) electrons. The van der Waals surface area contributed by atoms with Crippen LogP contribution in [0.1, 0.15) is 31.2 Å². The molecular formula is C18H22ClN. The molecule has 20 heavy (non-hydrogen) atoms. The predicted molar refractivity (Wildman–Crippen MR) is 87.3 cm³/mol. The topological polar surface area (TPSA) is 3.24 Å². The Morgan fingerprint density at radius 3 is 2.55 bits per heavy atom. The molecule has 1 aliphatic carbocycles. The SMILES string of the molecule is ClCCN(Cc1cccc2ccccc12)C1CCCC1. The lowest BCUT2D eigenvalue weighted by Gasteiger charge is -2.28. The maximum Gasteiger partial charge on any atom is 0.0351 e. The van der Waals surface area contributed by atoms with Crippen LogP contribution in [0, 0.1) is 0 Å². The van der Waals surface area contributed by atoms with E-state index >= 15 is 0 Å². The molecule has 1 saturated carbocycles. The zero-order chi connectivity index (χ0) is 13.8. The van der Waals surface area contributed by atoms with Crippen LogP contribution in [-0.4, -0.2) is 23.4 Å². The summed E-state index contributed by atoms with van der Waals surface area (Å²) in [6, 6.07) is 16.0. The Bertz CT molecular complexity index is 555. The van der Waals surface area contributed by atoms with Crippen LogP contribution < -0.4 is 0 Å². The van der Waals surface area contributed by atoms with Crippen molar-refractivity contribution in [1.82, 2.24) is 4.90 Å². The van der Waals surface area contributed by atoms with Crippen LogP contribution >= 0.6 is 11.6 Å². The third-order valence-electron chi connectivity index (χ3n) is 4.47. The molecule has 0 bridgehead atoms. The molecule has 2 aromatic rings. The maximum absolute atomic E-state index is 6.02. The minimum Gasteiger partial charge on any atom is -0.295 e. The summed E-state index contributed by atoms with van der Waals surface area (Å²) >= 11 is 6.02. The summed E-state index contributed by atoms with van der Waals surface area (Å²) in [5.74, 6) is 0.723. The fraction of sp³-hybridized carbons (Fsp3) is 0.444. The molecule has 0 aromatic heterocycles. The molecule has 0 aliphatic heterocycles. The second-order valence-corrected chi connectivity index (χ2v) is 6.11. The molecule has 0 amide bonds. The second-order valence-electron chi connectivity index (χ2n) is 5.74. The van der Waals surface area contributed by atoms with Gasteiger partial charge in [-0.2, -0.15) is 0 Å². The van der Waals surface area contributed by atoms with Gasteiger partial charge in [0.25, 0.3) is 0 Å². The monoisotopic (exact) mass is 287 g/mol. The van der Waals surface area contributed by atoms with Gasteiger partial charge in [-0.1, -0.05) is 55.3 Å². The Hall–Kier alpha value is -1.05. The Morgan fingerprint density at radius 2 is 1.75 bits per heavy atom. The van der Waals surface area contributed by atoms with Gasteiger partial charge in [0, 0.05) is 25.0 Å². The van der Waals surface area contributed by atoms with Gasteiger partial charge < -0.3 is 0 Å². The number of nitrogens with zero attached hydrogens (tertiary/aromatic N) is 1. The molecule has 0 atom stereocenters. The van der Waals surface area contributed by atoms with Crippen LogP contribution in [0.5, 0.6) is 0 Å². The molecule has 0 unspecified atom stereocenters. The third kappa shape index (κ3) is 2.99. The van der Waals surface area contributed by atoms with Crippen molar-refractivity contribution in [2.24, 2.45) is 0 Å².